The first-order valence-electron chi connectivity index (χ1n) is 2.61. The Bertz CT molecular complexity index is 185. The summed E-state index contributed by atoms with van der Waals surface area (Å²) in [6.07, 6.45) is -1.86. The molecule has 0 radical (unpaired) electrons. The van der Waals surface area contributed by atoms with E-state index in [1.807, 2.05) is 0 Å². The second-order valence-electron chi connectivity index (χ2n) is 1.72. The van der Waals surface area contributed by atoms with E-state index >= 15 is 0 Å². The lowest BCUT2D eigenvalue weighted by atomic mass is 10.6. The molecule has 1 rings (SSSR count). The zero-order chi connectivity index (χ0) is 7.56. The molecule has 0 amide bonds. The van der Waals surface area contributed by atoms with Crippen molar-refractivity contribution in [3.63, 3.8) is 0 Å². The molecule has 1 atom stereocenters. The lowest BCUT2D eigenvalue weighted by molar-refractivity contribution is 0.00795. The Labute approximate surface area is 55.3 Å². The third-order valence-electron chi connectivity index (χ3n) is 1.02. The van der Waals surface area contributed by atoms with Gasteiger partial charge in [-0.05, 0) is 0 Å². The van der Waals surface area contributed by atoms with E-state index in [1.165, 1.54) is 6.20 Å². The Morgan fingerprint density at radius 3 is 2.40 bits per heavy atom. The van der Waals surface area contributed by atoms with E-state index in [9.17, 15) is 13.2 Å². The third-order valence-corrected chi connectivity index (χ3v) is 1.02. The summed E-state index contributed by atoms with van der Waals surface area (Å²) in [4.78, 5) is 3.42. The van der Waals surface area contributed by atoms with E-state index in [4.69, 9.17) is 0 Å². The van der Waals surface area contributed by atoms with Crippen molar-refractivity contribution >= 4 is 0 Å². The lowest BCUT2D eigenvalue weighted by Gasteiger charge is -2.05. The minimum Gasteiger partial charge on any atom is -0.302 e. The molecule has 1 aromatic heterocycles. The van der Waals surface area contributed by atoms with E-state index in [0.717, 1.165) is 12.5 Å². The normalized spacial score (nSPS) is 14.0. The van der Waals surface area contributed by atoms with E-state index < -0.39 is 12.7 Å². The average molecular weight is 150 g/mol. The van der Waals surface area contributed by atoms with Crippen molar-refractivity contribution in [2.24, 2.45) is 0 Å². The van der Waals surface area contributed by atoms with Crippen LogP contribution in [0, 0.1) is 0 Å². The van der Waals surface area contributed by atoms with Crippen molar-refractivity contribution < 1.29 is 13.2 Å². The molecule has 2 nitrogen and oxygen atoms in total. The maximum absolute atomic E-state index is 12.3. The van der Waals surface area contributed by atoms with Gasteiger partial charge in [0, 0.05) is 12.4 Å². The monoisotopic (exact) mass is 150 g/mol. The summed E-state index contributed by atoms with van der Waals surface area (Å²) in [7, 11) is 0. The number of imidazole rings is 1. The summed E-state index contributed by atoms with van der Waals surface area (Å²) in [5.74, 6) is 0. The van der Waals surface area contributed by atoms with Crippen LogP contribution in [0.15, 0.2) is 18.7 Å². The van der Waals surface area contributed by atoms with Crippen LogP contribution < -0.4 is 0 Å². The molecular formula is C5H5F3N2. The van der Waals surface area contributed by atoms with Crippen LogP contribution in [0.5, 0.6) is 0 Å². The van der Waals surface area contributed by atoms with Gasteiger partial charge in [-0.25, -0.2) is 18.2 Å². The Kier molecular flexibility index (Phi) is 1.94. The van der Waals surface area contributed by atoms with Crippen LogP contribution in [0.4, 0.5) is 13.2 Å². The summed E-state index contributed by atoms with van der Waals surface area (Å²) in [5.41, 5.74) is 0. The molecule has 0 spiro atoms. The average Bonchev–Trinajstić information content (AvgIpc) is 2.36. The highest BCUT2D eigenvalue weighted by Gasteiger charge is 2.19. The standard InChI is InChI=1S/C5H5F3N2/c6-4(7)5(8)10-2-1-9-3-10/h1-5H. The van der Waals surface area contributed by atoms with E-state index in [-0.39, 0.29) is 0 Å². The zero-order valence-electron chi connectivity index (χ0n) is 4.92. The highest BCUT2D eigenvalue weighted by Crippen LogP contribution is 2.16. The predicted molar refractivity (Wildman–Crippen MR) is 28.4 cm³/mol. The van der Waals surface area contributed by atoms with Gasteiger partial charge in [0.15, 0.2) is 0 Å². The van der Waals surface area contributed by atoms with E-state index in [0.29, 0.717) is 4.57 Å². The first kappa shape index (κ1) is 7.11. The largest absolute Gasteiger partial charge is 0.302 e. The van der Waals surface area contributed by atoms with Gasteiger partial charge in [-0.2, -0.15) is 0 Å². The van der Waals surface area contributed by atoms with Crippen molar-refractivity contribution in [3.05, 3.63) is 18.7 Å². The number of halogens is 3. The number of hydrogen-bond donors (Lipinski definition) is 0. The van der Waals surface area contributed by atoms with Gasteiger partial charge in [0.1, 0.15) is 0 Å². The van der Waals surface area contributed by atoms with Crippen LogP contribution in [0.3, 0.4) is 0 Å². The SMILES string of the molecule is FC(F)C(F)n1ccnc1. The van der Waals surface area contributed by atoms with Gasteiger partial charge in [-0.3, -0.25) is 0 Å². The fourth-order valence-electron chi connectivity index (χ4n) is 0.545. The molecule has 5 heteroatoms. The highest BCUT2D eigenvalue weighted by atomic mass is 19.3. The minimum atomic E-state index is -2.99. The van der Waals surface area contributed by atoms with Crippen molar-refractivity contribution in [1.29, 1.82) is 0 Å². The van der Waals surface area contributed by atoms with Gasteiger partial charge in [-0.15, -0.1) is 0 Å². The fraction of sp³-hybridized carbons (Fsp3) is 0.400. The first-order valence-corrected chi connectivity index (χ1v) is 2.61. The molecule has 0 N–H and O–H groups in total. The molecule has 1 aromatic rings. The summed E-state index contributed by atoms with van der Waals surface area (Å²) >= 11 is 0. The lowest BCUT2D eigenvalue weighted by Crippen LogP contribution is -2.09. The summed E-state index contributed by atoms with van der Waals surface area (Å²) in [5, 5.41) is 0. The third kappa shape index (κ3) is 1.29. The molecule has 0 aromatic carbocycles. The molecule has 0 fully saturated rings. The van der Waals surface area contributed by atoms with Gasteiger partial charge < -0.3 is 4.57 Å². The van der Waals surface area contributed by atoms with Gasteiger partial charge in [0.05, 0.1) is 6.33 Å². The quantitative estimate of drug-likeness (QED) is 0.626. The molecule has 10 heavy (non-hydrogen) atoms. The molecule has 0 bridgehead atoms. The Morgan fingerprint density at radius 1 is 1.30 bits per heavy atom. The number of alkyl halides is 3. The maximum Gasteiger partial charge on any atom is 0.288 e. The van der Waals surface area contributed by atoms with Crippen LogP contribution >= 0.6 is 0 Å². The Hall–Kier alpha value is -1.00. The number of aromatic nitrogens is 2. The molecule has 0 aliphatic carbocycles. The summed E-state index contributed by atoms with van der Waals surface area (Å²) in [6, 6.07) is 0. The highest BCUT2D eigenvalue weighted by molar-refractivity contribution is 4.77. The van der Waals surface area contributed by atoms with Crippen LogP contribution in [0.25, 0.3) is 0 Å². The molecule has 0 aliphatic rings. The van der Waals surface area contributed by atoms with Gasteiger partial charge >= 0.3 is 0 Å². The first-order chi connectivity index (χ1) is 4.72. The van der Waals surface area contributed by atoms with Crippen LogP contribution in [0.2, 0.25) is 0 Å². The Morgan fingerprint density at radius 2 is 2.00 bits per heavy atom. The number of rotatable bonds is 2. The van der Waals surface area contributed by atoms with Gasteiger partial charge in [-0.1, -0.05) is 0 Å². The van der Waals surface area contributed by atoms with Crippen LogP contribution in [0.1, 0.15) is 6.30 Å². The van der Waals surface area contributed by atoms with E-state index in [2.05, 4.69) is 4.98 Å². The summed E-state index contributed by atoms with van der Waals surface area (Å²) < 4.78 is 36.1. The second kappa shape index (κ2) is 2.72. The number of nitrogens with zero attached hydrogens (tertiary/aromatic N) is 2. The van der Waals surface area contributed by atoms with Crippen molar-refractivity contribution in [3.8, 4) is 0 Å². The molecular weight excluding hydrogens is 145 g/mol. The second-order valence-corrected chi connectivity index (χ2v) is 1.72. The fourth-order valence-corrected chi connectivity index (χ4v) is 0.545. The predicted octanol–water partition coefficient (Wildman–Crippen LogP) is 1.62. The Balaban J connectivity index is 2.68. The van der Waals surface area contributed by atoms with Crippen LogP contribution in [-0.4, -0.2) is 16.0 Å². The van der Waals surface area contributed by atoms with Crippen molar-refractivity contribution in [1.82, 2.24) is 9.55 Å². The molecule has 0 saturated carbocycles. The molecule has 0 saturated heterocycles. The molecule has 0 aliphatic heterocycles. The maximum atomic E-state index is 12.3. The zero-order valence-corrected chi connectivity index (χ0v) is 4.92. The molecule has 1 unspecified atom stereocenters. The number of hydrogen-bond acceptors (Lipinski definition) is 1. The van der Waals surface area contributed by atoms with Crippen LogP contribution in [-0.2, 0) is 0 Å². The van der Waals surface area contributed by atoms with Gasteiger partial charge in [0.25, 0.3) is 6.43 Å². The summed E-state index contributed by atoms with van der Waals surface area (Å²) in [6.45, 7) is 0. The van der Waals surface area contributed by atoms with Crippen molar-refractivity contribution in [2.75, 3.05) is 0 Å². The van der Waals surface area contributed by atoms with E-state index in [1.54, 1.807) is 0 Å². The van der Waals surface area contributed by atoms with Gasteiger partial charge in [0.2, 0.25) is 6.30 Å². The van der Waals surface area contributed by atoms with Crippen molar-refractivity contribution in [2.45, 2.75) is 12.7 Å². The minimum absolute atomic E-state index is 0.713. The molecule has 56 valence electrons. The topological polar surface area (TPSA) is 17.8 Å². The smallest absolute Gasteiger partial charge is 0.288 e. The molecule has 1 heterocycles.